The third kappa shape index (κ3) is 3.34. The first-order valence-corrected chi connectivity index (χ1v) is 7.10. The number of nitrogens with one attached hydrogen (secondary N) is 1. The van der Waals surface area contributed by atoms with Gasteiger partial charge in [-0.1, -0.05) is 42.5 Å². The van der Waals surface area contributed by atoms with Gasteiger partial charge >= 0.3 is 0 Å². The summed E-state index contributed by atoms with van der Waals surface area (Å²) in [5, 5.41) is 13.2. The van der Waals surface area contributed by atoms with E-state index >= 15 is 0 Å². The molecule has 0 aliphatic carbocycles. The predicted octanol–water partition coefficient (Wildman–Crippen LogP) is 2.90. The average Bonchev–Trinajstić information content (AvgIpc) is 3.03. The molecule has 4 heteroatoms. The van der Waals surface area contributed by atoms with Crippen LogP contribution in [-0.2, 0) is 0 Å². The Morgan fingerprint density at radius 2 is 1.86 bits per heavy atom. The molecule has 0 bridgehead atoms. The smallest absolute Gasteiger partial charge is 0.161 e. The first kappa shape index (κ1) is 13.5. The van der Waals surface area contributed by atoms with Gasteiger partial charge in [-0.2, -0.15) is 0 Å². The topological polar surface area (TPSA) is 53.9 Å². The van der Waals surface area contributed by atoms with E-state index in [1.165, 1.54) is 0 Å². The third-order valence-electron chi connectivity index (χ3n) is 3.43. The minimum Gasteiger partial charge on any atom is -0.504 e. The Hall–Kier alpha value is -2.49. The fraction of sp³-hybridized carbons (Fsp3) is 0.235. The highest BCUT2D eigenvalue weighted by Crippen LogP contribution is 2.31. The van der Waals surface area contributed by atoms with Crippen LogP contribution in [-0.4, -0.2) is 24.0 Å². The van der Waals surface area contributed by atoms with Crippen molar-refractivity contribution in [2.24, 2.45) is 4.99 Å². The van der Waals surface area contributed by atoms with Crippen molar-refractivity contribution in [1.29, 1.82) is 0 Å². The second-order valence-electron chi connectivity index (χ2n) is 4.94. The number of nitrogens with zero attached hydrogens (tertiary/aromatic N) is 1. The highest BCUT2D eigenvalue weighted by atomic mass is 16.5. The zero-order chi connectivity index (χ0) is 14.5. The second-order valence-corrected chi connectivity index (χ2v) is 4.94. The molecule has 2 aromatic carbocycles. The number of benzene rings is 2. The SMILES string of the molecule is Oc1ccccc1OC(CC1=NCCN1)c1ccccc1. The summed E-state index contributed by atoms with van der Waals surface area (Å²) >= 11 is 0. The lowest BCUT2D eigenvalue weighted by Crippen LogP contribution is -2.23. The maximum absolute atomic E-state index is 9.90. The maximum atomic E-state index is 9.90. The molecule has 0 spiro atoms. The van der Waals surface area contributed by atoms with Crippen LogP contribution >= 0.6 is 0 Å². The zero-order valence-corrected chi connectivity index (χ0v) is 11.7. The van der Waals surface area contributed by atoms with Crippen LogP contribution in [0.4, 0.5) is 0 Å². The lowest BCUT2D eigenvalue weighted by molar-refractivity contribution is 0.205. The van der Waals surface area contributed by atoms with Crippen LogP contribution in [0.1, 0.15) is 18.1 Å². The zero-order valence-electron chi connectivity index (χ0n) is 11.7. The number of para-hydroxylation sites is 2. The minimum atomic E-state index is -0.177. The van der Waals surface area contributed by atoms with E-state index in [0.717, 1.165) is 24.5 Å². The van der Waals surface area contributed by atoms with E-state index in [9.17, 15) is 5.11 Å². The van der Waals surface area contributed by atoms with Crippen LogP contribution in [0.25, 0.3) is 0 Å². The van der Waals surface area contributed by atoms with Crippen molar-refractivity contribution < 1.29 is 9.84 Å². The Bertz CT molecular complexity index is 626. The van der Waals surface area contributed by atoms with Crippen molar-refractivity contribution in [3.05, 3.63) is 60.2 Å². The van der Waals surface area contributed by atoms with E-state index in [2.05, 4.69) is 10.3 Å². The van der Waals surface area contributed by atoms with E-state index in [1.54, 1.807) is 18.2 Å². The molecule has 2 aromatic rings. The van der Waals surface area contributed by atoms with Crippen LogP contribution in [0.15, 0.2) is 59.6 Å². The molecule has 0 saturated carbocycles. The van der Waals surface area contributed by atoms with Crippen molar-refractivity contribution in [2.45, 2.75) is 12.5 Å². The van der Waals surface area contributed by atoms with Gasteiger partial charge in [-0.3, -0.25) is 4.99 Å². The fourth-order valence-electron chi connectivity index (χ4n) is 2.36. The largest absolute Gasteiger partial charge is 0.504 e. The molecule has 0 saturated heterocycles. The molecule has 2 N–H and O–H groups in total. The second kappa shape index (κ2) is 6.31. The fourth-order valence-corrected chi connectivity index (χ4v) is 2.36. The Morgan fingerprint density at radius 3 is 2.57 bits per heavy atom. The summed E-state index contributed by atoms with van der Waals surface area (Å²) in [5.74, 6) is 1.60. The van der Waals surface area contributed by atoms with Gasteiger partial charge in [0.05, 0.1) is 6.54 Å². The molecule has 1 unspecified atom stereocenters. The number of rotatable bonds is 5. The number of hydrogen-bond acceptors (Lipinski definition) is 4. The number of phenolic OH excluding ortho intramolecular Hbond substituents is 1. The van der Waals surface area contributed by atoms with E-state index in [1.807, 2.05) is 36.4 Å². The molecule has 0 amide bonds. The lowest BCUT2D eigenvalue weighted by atomic mass is 10.1. The summed E-state index contributed by atoms with van der Waals surface area (Å²) in [6, 6.07) is 17.0. The van der Waals surface area contributed by atoms with Gasteiger partial charge in [0.2, 0.25) is 0 Å². The lowest BCUT2D eigenvalue weighted by Gasteiger charge is -2.20. The molecule has 1 heterocycles. The summed E-state index contributed by atoms with van der Waals surface area (Å²) < 4.78 is 6.02. The van der Waals surface area contributed by atoms with E-state index in [4.69, 9.17) is 4.74 Å². The molecular formula is C17H18N2O2. The van der Waals surface area contributed by atoms with Crippen molar-refractivity contribution in [3.63, 3.8) is 0 Å². The summed E-state index contributed by atoms with van der Waals surface area (Å²) in [5.41, 5.74) is 1.07. The Labute approximate surface area is 124 Å². The van der Waals surface area contributed by atoms with Gasteiger partial charge in [0, 0.05) is 13.0 Å². The number of amidine groups is 1. The van der Waals surface area contributed by atoms with Crippen LogP contribution in [0, 0.1) is 0 Å². The highest BCUT2D eigenvalue weighted by molar-refractivity contribution is 5.84. The molecule has 21 heavy (non-hydrogen) atoms. The first-order chi connectivity index (χ1) is 10.3. The number of phenols is 1. The maximum Gasteiger partial charge on any atom is 0.161 e. The van der Waals surface area contributed by atoms with Gasteiger partial charge in [-0.25, -0.2) is 0 Å². The molecule has 1 atom stereocenters. The first-order valence-electron chi connectivity index (χ1n) is 7.10. The van der Waals surface area contributed by atoms with Crippen molar-refractivity contribution >= 4 is 5.84 Å². The number of aliphatic imine (C=N–C) groups is 1. The van der Waals surface area contributed by atoms with Crippen LogP contribution in [0.2, 0.25) is 0 Å². The molecule has 1 aliphatic rings. The predicted molar refractivity (Wildman–Crippen MR) is 82.8 cm³/mol. The van der Waals surface area contributed by atoms with Crippen molar-refractivity contribution in [1.82, 2.24) is 5.32 Å². The molecular weight excluding hydrogens is 264 g/mol. The molecule has 0 fully saturated rings. The van der Waals surface area contributed by atoms with Crippen LogP contribution in [0.3, 0.4) is 0 Å². The summed E-state index contributed by atoms with van der Waals surface area (Å²) in [6.07, 6.45) is 0.488. The number of hydrogen-bond donors (Lipinski definition) is 2. The Kier molecular flexibility index (Phi) is 4.05. The van der Waals surface area contributed by atoms with E-state index in [0.29, 0.717) is 12.2 Å². The van der Waals surface area contributed by atoms with Crippen LogP contribution in [0.5, 0.6) is 11.5 Å². The standard InChI is InChI=1S/C17H18N2O2/c20-14-8-4-5-9-15(14)21-16(12-17-18-10-11-19-17)13-6-2-1-3-7-13/h1-9,16,20H,10-12H2,(H,18,19). The van der Waals surface area contributed by atoms with Crippen LogP contribution < -0.4 is 10.1 Å². The van der Waals surface area contributed by atoms with E-state index < -0.39 is 0 Å². The van der Waals surface area contributed by atoms with Gasteiger partial charge in [0.1, 0.15) is 11.9 Å². The normalized spacial score (nSPS) is 15.1. The Morgan fingerprint density at radius 1 is 1.10 bits per heavy atom. The third-order valence-corrected chi connectivity index (χ3v) is 3.43. The summed E-state index contributed by atoms with van der Waals surface area (Å²) in [4.78, 5) is 4.43. The Balaban J connectivity index is 1.83. The summed E-state index contributed by atoms with van der Waals surface area (Å²) in [6.45, 7) is 1.70. The molecule has 108 valence electrons. The van der Waals surface area contributed by atoms with E-state index in [-0.39, 0.29) is 11.9 Å². The quantitative estimate of drug-likeness (QED) is 0.886. The average molecular weight is 282 g/mol. The van der Waals surface area contributed by atoms with Gasteiger partial charge in [-0.05, 0) is 17.7 Å². The van der Waals surface area contributed by atoms with Crippen molar-refractivity contribution in [2.75, 3.05) is 13.1 Å². The minimum absolute atomic E-state index is 0.153. The van der Waals surface area contributed by atoms with Gasteiger partial charge in [0.25, 0.3) is 0 Å². The summed E-state index contributed by atoms with van der Waals surface area (Å²) in [7, 11) is 0. The van der Waals surface area contributed by atoms with Crippen molar-refractivity contribution in [3.8, 4) is 11.5 Å². The van der Waals surface area contributed by atoms with Gasteiger partial charge in [0.15, 0.2) is 11.5 Å². The van der Waals surface area contributed by atoms with Gasteiger partial charge in [-0.15, -0.1) is 0 Å². The van der Waals surface area contributed by atoms with Gasteiger partial charge < -0.3 is 15.2 Å². The number of ether oxygens (including phenoxy) is 1. The molecule has 0 radical (unpaired) electrons. The highest BCUT2D eigenvalue weighted by Gasteiger charge is 2.19. The molecule has 3 rings (SSSR count). The molecule has 0 aromatic heterocycles. The molecule has 4 nitrogen and oxygen atoms in total. The monoisotopic (exact) mass is 282 g/mol. The molecule has 1 aliphatic heterocycles. The number of aromatic hydroxyl groups is 1.